The van der Waals surface area contributed by atoms with Crippen LogP contribution in [0.5, 0.6) is 0 Å². The Balaban J connectivity index is 2.37. The Morgan fingerprint density at radius 1 is 1.59 bits per heavy atom. The van der Waals surface area contributed by atoms with E-state index in [9.17, 15) is 4.79 Å². The van der Waals surface area contributed by atoms with Gasteiger partial charge in [-0.1, -0.05) is 11.8 Å². The summed E-state index contributed by atoms with van der Waals surface area (Å²) in [5, 5.41) is 1.78. The summed E-state index contributed by atoms with van der Waals surface area (Å²) in [5.74, 6) is -0.00549. The summed E-state index contributed by atoms with van der Waals surface area (Å²) in [6, 6.07) is 0. The van der Waals surface area contributed by atoms with E-state index in [1.54, 1.807) is 11.3 Å². The van der Waals surface area contributed by atoms with Crippen molar-refractivity contribution in [1.82, 2.24) is 9.97 Å². The zero-order valence-electron chi connectivity index (χ0n) is 9.19. The zero-order valence-corrected chi connectivity index (χ0v) is 12.4. The molecule has 0 unspecified atom stereocenters. The number of nitrogens with zero attached hydrogens (tertiary/aromatic N) is 2. The lowest BCUT2D eigenvalue weighted by atomic mass is 10.4. The molecule has 0 aliphatic rings. The van der Waals surface area contributed by atoms with Gasteiger partial charge in [-0.25, -0.2) is 9.97 Å². The van der Waals surface area contributed by atoms with Crippen molar-refractivity contribution in [3.8, 4) is 0 Å². The number of fused-ring (bicyclic) bond motifs is 1. The second-order valence-electron chi connectivity index (χ2n) is 3.20. The van der Waals surface area contributed by atoms with Crippen LogP contribution in [0.3, 0.4) is 0 Å². The van der Waals surface area contributed by atoms with Gasteiger partial charge in [-0.05, 0) is 22.9 Å². The number of esters is 1. The van der Waals surface area contributed by atoms with Crippen LogP contribution in [0.2, 0.25) is 0 Å². The van der Waals surface area contributed by atoms with Gasteiger partial charge in [0.05, 0.1) is 18.2 Å². The topological polar surface area (TPSA) is 52.1 Å². The average molecular weight is 333 g/mol. The van der Waals surface area contributed by atoms with E-state index in [4.69, 9.17) is 0 Å². The number of hydrogen-bond acceptors (Lipinski definition) is 6. The number of halogens is 1. The lowest BCUT2D eigenvalue weighted by molar-refractivity contribution is -0.137. The molecular formula is C10H9BrN2O2S2. The van der Waals surface area contributed by atoms with Crippen LogP contribution >= 0.6 is 39.0 Å². The standard InChI is InChI=1S/C10H9BrN2O2S2/c1-5-8(11)7-9(16-3-6(14)15-2)12-4-13-10(7)17-5/h4H,3H2,1-2H3. The molecule has 0 fully saturated rings. The summed E-state index contributed by atoms with van der Waals surface area (Å²) in [4.78, 5) is 21.6. The van der Waals surface area contributed by atoms with Gasteiger partial charge in [-0.3, -0.25) is 4.79 Å². The quantitative estimate of drug-likeness (QED) is 0.491. The van der Waals surface area contributed by atoms with Crippen LogP contribution in [0.1, 0.15) is 4.88 Å². The molecule has 0 aromatic carbocycles. The molecule has 2 aromatic heterocycles. The minimum atomic E-state index is -0.259. The van der Waals surface area contributed by atoms with Crippen LogP contribution in [0.15, 0.2) is 15.8 Å². The van der Waals surface area contributed by atoms with Crippen molar-refractivity contribution in [3.05, 3.63) is 15.7 Å². The van der Waals surface area contributed by atoms with Gasteiger partial charge in [-0.2, -0.15) is 0 Å². The van der Waals surface area contributed by atoms with Crippen LogP contribution in [-0.4, -0.2) is 28.8 Å². The maximum atomic E-state index is 11.1. The molecule has 0 spiro atoms. The first-order valence-electron chi connectivity index (χ1n) is 4.72. The largest absolute Gasteiger partial charge is 0.468 e. The fourth-order valence-corrected chi connectivity index (χ4v) is 3.95. The number of methoxy groups -OCH3 is 1. The SMILES string of the molecule is COC(=O)CSc1ncnc2sc(C)c(Br)c12. The summed E-state index contributed by atoms with van der Waals surface area (Å²) in [6.07, 6.45) is 1.52. The number of hydrogen-bond donors (Lipinski definition) is 0. The van der Waals surface area contributed by atoms with E-state index in [2.05, 4.69) is 30.6 Å². The smallest absolute Gasteiger partial charge is 0.316 e. The Kier molecular flexibility index (Phi) is 4.01. The highest BCUT2D eigenvalue weighted by Crippen LogP contribution is 2.38. The van der Waals surface area contributed by atoms with Crippen molar-refractivity contribution in [2.45, 2.75) is 11.9 Å². The van der Waals surface area contributed by atoms with E-state index in [1.807, 2.05) is 6.92 Å². The number of carbonyl (C=O) groups excluding carboxylic acids is 1. The number of aryl methyl sites for hydroxylation is 1. The normalized spacial score (nSPS) is 10.8. The molecule has 0 atom stereocenters. The van der Waals surface area contributed by atoms with Crippen LogP contribution < -0.4 is 0 Å². The van der Waals surface area contributed by atoms with E-state index in [-0.39, 0.29) is 11.7 Å². The summed E-state index contributed by atoms with van der Waals surface area (Å²) >= 11 is 6.49. The molecule has 90 valence electrons. The number of thioether (sulfide) groups is 1. The van der Waals surface area contributed by atoms with Gasteiger partial charge in [0.1, 0.15) is 16.2 Å². The molecule has 2 heterocycles. The van der Waals surface area contributed by atoms with Crippen molar-refractivity contribution in [2.24, 2.45) is 0 Å². The maximum Gasteiger partial charge on any atom is 0.316 e. The second-order valence-corrected chi connectivity index (χ2v) is 6.16. The predicted molar refractivity (Wildman–Crippen MR) is 72.6 cm³/mol. The Bertz CT molecular complexity index is 571. The van der Waals surface area contributed by atoms with Crippen molar-refractivity contribution >= 4 is 55.2 Å². The highest BCUT2D eigenvalue weighted by Gasteiger charge is 2.14. The third-order valence-electron chi connectivity index (χ3n) is 2.11. The number of carbonyl (C=O) groups is 1. The molecule has 0 saturated carbocycles. The third kappa shape index (κ3) is 2.61. The van der Waals surface area contributed by atoms with E-state index < -0.39 is 0 Å². The zero-order chi connectivity index (χ0) is 12.4. The van der Waals surface area contributed by atoms with Gasteiger partial charge in [0.2, 0.25) is 0 Å². The fourth-order valence-electron chi connectivity index (χ4n) is 1.28. The van der Waals surface area contributed by atoms with Crippen molar-refractivity contribution in [1.29, 1.82) is 0 Å². The van der Waals surface area contributed by atoms with Gasteiger partial charge in [-0.15, -0.1) is 11.3 Å². The molecule has 0 aliphatic heterocycles. The van der Waals surface area contributed by atoms with Crippen molar-refractivity contribution in [2.75, 3.05) is 12.9 Å². The predicted octanol–water partition coefficient (Wildman–Crippen LogP) is 3.03. The summed E-state index contributed by atoms with van der Waals surface area (Å²) in [7, 11) is 1.38. The molecule has 0 saturated heterocycles. The molecule has 0 bridgehead atoms. The highest BCUT2D eigenvalue weighted by atomic mass is 79.9. The van der Waals surface area contributed by atoms with Gasteiger partial charge in [0, 0.05) is 9.35 Å². The number of aromatic nitrogens is 2. The minimum Gasteiger partial charge on any atom is -0.468 e. The molecule has 2 rings (SSSR count). The van der Waals surface area contributed by atoms with Gasteiger partial charge in [0.25, 0.3) is 0 Å². The second kappa shape index (κ2) is 5.32. The summed E-state index contributed by atoms with van der Waals surface area (Å²) in [5.41, 5.74) is 0. The molecule has 0 aliphatic carbocycles. The summed E-state index contributed by atoms with van der Waals surface area (Å²) < 4.78 is 5.61. The molecule has 0 N–H and O–H groups in total. The lowest BCUT2D eigenvalue weighted by Gasteiger charge is -2.01. The fraction of sp³-hybridized carbons (Fsp3) is 0.300. The first-order chi connectivity index (χ1) is 8.13. The number of ether oxygens (including phenoxy) is 1. The Labute approximate surface area is 115 Å². The Morgan fingerprint density at radius 3 is 3.06 bits per heavy atom. The van der Waals surface area contributed by atoms with Gasteiger partial charge < -0.3 is 4.74 Å². The first kappa shape index (κ1) is 12.8. The Morgan fingerprint density at radius 2 is 2.35 bits per heavy atom. The van der Waals surface area contributed by atoms with E-state index in [0.29, 0.717) is 0 Å². The number of rotatable bonds is 3. The Hall–Kier alpha value is -0.660. The molecule has 2 aromatic rings. The monoisotopic (exact) mass is 332 g/mol. The van der Waals surface area contributed by atoms with E-state index >= 15 is 0 Å². The van der Waals surface area contributed by atoms with Crippen LogP contribution in [0, 0.1) is 6.92 Å². The summed E-state index contributed by atoms with van der Waals surface area (Å²) in [6.45, 7) is 2.02. The molecular weight excluding hydrogens is 324 g/mol. The van der Waals surface area contributed by atoms with Crippen molar-refractivity contribution < 1.29 is 9.53 Å². The first-order valence-corrected chi connectivity index (χ1v) is 7.32. The minimum absolute atomic E-state index is 0.254. The molecule has 0 radical (unpaired) electrons. The lowest BCUT2D eigenvalue weighted by Crippen LogP contribution is -2.03. The number of thiophene rings is 1. The molecule has 7 heteroatoms. The molecule has 4 nitrogen and oxygen atoms in total. The van der Waals surface area contributed by atoms with Crippen LogP contribution in [0.25, 0.3) is 10.2 Å². The van der Waals surface area contributed by atoms with Crippen LogP contribution in [-0.2, 0) is 9.53 Å². The van der Waals surface area contributed by atoms with E-state index in [1.165, 1.54) is 25.2 Å². The van der Waals surface area contributed by atoms with Gasteiger partial charge in [0.15, 0.2) is 0 Å². The third-order valence-corrected chi connectivity index (χ3v) is 5.34. The average Bonchev–Trinajstić information content (AvgIpc) is 2.63. The molecule has 17 heavy (non-hydrogen) atoms. The highest BCUT2D eigenvalue weighted by molar-refractivity contribution is 9.10. The van der Waals surface area contributed by atoms with Crippen molar-refractivity contribution in [3.63, 3.8) is 0 Å². The van der Waals surface area contributed by atoms with E-state index in [0.717, 1.165) is 24.6 Å². The maximum absolute atomic E-state index is 11.1. The molecule has 0 amide bonds. The van der Waals surface area contributed by atoms with Crippen LogP contribution in [0.4, 0.5) is 0 Å². The van der Waals surface area contributed by atoms with Gasteiger partial charge >= 0.3 is 5.97 Å².